The molecular formula is C23H26N4O2S. The minimum absolute atomic E-state index is 0.0254. The van der Waals surface area contributed by atoms with Crippen LogP contribution in [0.2, 0.25) is 0 Å². The molecule has 2 aliphatic rings. The highest BCUT2D eigenvalue weighted by Crippen LogP contribution is 2.33. The summed E-state index contributed by atoms with van der Waals surface area (Å²) < 4.78 is 6.12. The molecule has 4 heterocycles. The Morgan fingerprint density at radius 3 is 2.70 bits per heavy atom. The van der Waals surface area contributed by atoms with E-state index in [0.29, 0.717) is 16.7 Å². The summed E-state index contributed by atoms with van der Waals surface area (Å²) in [5.41, 5.74) is 1.71. The molecule has 1 unspecified atom stereocenters. The number of nitrogens with zero attached hydrogens (tertiary/aromatic N) is 4. The number of hydrogen-bond donors (Lipinski definition) is 0. The summed E-state index contributed by atoms with van der Waals surface area (Å²) in [7, 11) is 0. The van der Waals surface area contributed by atoms with Crippen molar-refractivity contribution >= 4 is 28.6 Å². The maximum Gasteiger partial charge on any atom is 0.290 e. The lowest BCUT2D eigenvalue weighted by atomic mass is 10.1. The second kappa shape index (κ2) is 8.78. The van der Waals surface area contributed by atoms with E-state index in [2.05, 4.69) is 14.9 Å². The van der Waals surface area contributed by atoms with Crippen LogP contribution in [0.5, 0.6) is 0 Å². The molecule has 1 atom stereocenters. The number of benzene rings is 1. The van der Waals surface area contributed by atoms with Gasteiger partial charge in [0.25, 0.3) is 5.91 Å². The van der Waals surface area contributed by atoms with Crippen molar-refractivity contribution in [3.63, 3.8) is 0 Å². The zero-order chi connectivity index (χ0) is 20.3. The summed E-state index contributed by atoms with van der Waals surface area (Å²) in [5, 5.41) is 1.70. The van der Waals surface area contributed by atoms with E-state index in [1.807, 2.05) is 29.2 Å². The maximum absolute atomic E-state index is 13.6. The quantitative estimate of drug-likeness (QED) is 0.438. The van der Waals surface area contributed by atoms with Crippen LogP contribution in [0, 0.1) is 0 Å². The molecule has 0 saturated carbocycles. The average molecular weight is 423 g/mol. The highest BCUT2D eigenvalue weighted by atomic mass is 32.2. The molecule has 2 saturated heterocycles. The van der Waals surface area contributed by atoms with Crippen molar-refractivity contribution in [1.29, 1.82) is 0 Å². The first-order chi connectivity index (χ1) is 14.8. The van der Waals surface area contributed by atoms with Crippen LogP contribution in [-0.2, 0) is 5.75 Å². The van der Waals surface area contributed by atoms with Crippen LogP contribution >= 0.6 is 11.8 Å². The van der Waals surface area contributed by atoms with E-state index in [-0.39, 0.29) is 11.9 Å². The Kier molecular flexibility index (Phi) is 5.73. The monoisotopic (exact) mass is 422 g/mol. The summed E-state index contributed by atoms with van der Waals surface area (Å²) >= 11 is 1.53. The Morgan fingerprint density at radius 2 is 1.87 bits per heavy atom. The first-order valence-electron chi connectivity index (χ1n) is 10.7. The Balaban J connectivity index is 1.41. The predicted molar refractivity (Wildman–Crippen MR) is 118 cm³/mol. The molecule has 30 heavy (non-hydrogen) atoms. The van der Waals surface area contributed by atoms with Gasteiger partial charge in [0.1, 0.15) is 5.58 Å². The van der Waals surface area contributed by atoms with Crippen molar-refractivity contribution in [2.75, 3.05) is 26.2 Å². The lowest BCUT2D eigenvalue weighted by Crippen LogP contribution is -2.42. The second-order valence-electron chi connectivity index (χ2n) is 8.03. The van der Waals surface area contributed by atoms with Gasteiger partial charge in [-0.05, 0) is 50.9 Å². The third-order valence-electron chi connectivity index (χ3n) is 6.09. The third-order valence-corrected chi connectivity index (χ3v) is 6.99. The Labute approximate surface area is 180 Å². The van der Waals surface area contributed by atoms with E-state index in [0.717, 1.165) is 55.6 Å². The molecule has 0 N–H and O–H groups in total. The van der Waals surface area contributed by atoms with E-state index >= 15 is 0 Å². The van der Waals surface area contributed by atoms with Gasteiger partial charge in [0.2, 0.25) is 0 Å². The van der Waals surface area contributed by atoms with Gasteiger partial charge in [-0.1, -0.05) is 30.0 Å². The van der Waals surface area contributed by atoms with Gasteiger partial charge >= 0.3 is 0 Å². The van der Waals surface area contributed by atoms with Crippen molar-refractivity contribution in [1.82, 2.24) is 19.8 Å². The minimum atomic E-state index is 0.0254. The summed E-state index contributed by atoms with van der Waals surface area (Å²) in [6.07, 6.45) is 8.15. The van der Waals surface area contributed by atoms with Gasteiger partial charge in [-0.25, -0.2) is 9.97 Å². The normalized spacial score (nSPS) is 19.7. The number of thioether (sulfide) groups is 1. The highest BCUT2D eigenvalue weighted by Gasteiger charge is 2.34. The van der Waals surface area contributed by atoms with E-state index in [1.54, 1.807) is 18.5 Å². The van der Waals surface area contributed by atoms with Crippen molar-refractivity contribution in [2.24, 2.45) is 0 Å². The molecule has 0 radical (unpaired) electrons. The average Bonchev–Trinajstić information content (AvgIpc) is 3.53. The zero-order valence-corrected chi connectivity index (χ0v) is 17.8. The lowest BCUT2D eigenvalue weighted by molar-refractivity contribution is 0.0678. The fourth-order valence-corrected chi connectivity index (χ4v) is 5.43. The number of rotatable bonds is 6. The van der Waals surface area contributed by atoms with Crippen LogP contribution in [0.15, 0.2) is 52.3 Å². The molecule has 2 aliphatic heterocycles. The summed E-state index contributed by atoms with van der Waals surface area (Å²) in [6, 6.07) is 9.99. The molecule has 7 heteroatoms. The molecule has 5 rings (SSSR count). The van der Waals surface area contributed by atoms with E-state index in [1.165, 1.54) is 24.6 Å². The first-order valence-corrected chi connectivity index (χ1v) is 11.7. The number of furan rings is 1. The molecule has 3 aromatic rings. The molecule has 2 aromatic heterocycles. The molecule has 156 valence electrons. The van der Waals surface area contributed by atoms with Crippen molar-refractivity contribution in [3.05, 3.63) is 54.0 Å². The Morgan fingerprint density at radius 1 is 1.07 bits per heavy atom. The van der Waals surface area contributed by atoms with Gasteiger partial charge < -0.3 is 14.2 Å². The fourth-order valence-electron chi connectivity index (χ4n) is 4.60. The number of fused-ring (bicyclic) bond motifs is 1. The molecule has 0 bridgehead atoms. The number of carbonyl (C=O) groups excluding carboxylic acids is 1. The highest BCUT2D eigenvalue weighted by molar-refractivity contribution is 7.98. The number of para-hydroxylation sites is 1. The Hall–Kier alpha value is -2.38. The SMILES string of the molecule is O=C(c1oc2ccccc2c1CSc1ncccn1)N1CCCC1CN1CCCC1. The number of carbonyl (C=O) groups is 1. The van der Waals surface area contributed by atoms with Crippen LogP contribution in [0.4, 0.5) is 0 Å². The van der Waals surface area contributed by atoms with Gasteiger partial charge in [-0.15, -0.1) is 0 Å². The molecule has 0 spiro atoms. The first kappa shape index (κ1) is 19.6. The van der Waals surface area contributed by atoms with Gasteiger partial charge in [-0.3, -0.25) is 4.79 Å². The summed E-state index contributed by atoms with van der Waals surface area (Å²) in [6.45, 7) is 4.10. The molecule has 1 aromatic carbocycles. The van der Waals surface area contributed by atoms with E-state index in [9.17, 15) is 4.79 Å². The molecule has 1 amide bonds. The topological polar surface area (TPSA) is 62.5 Å². The van der Waals surface area contributed by atoms with Crippen molar-refractivity contribution in [2.45, 2.75) is 42.6 Å². The van der Waals surface area contributed by atoms with Crippen LogP contribution in [-0.4, -0.2) is 57.9 Å². The van der Waals surface area contributed by atoms with Crippen molar-refractivity contribution in [3.8, 4) is 0 Å². The van der Waals surface area contributed by atoms with Crippen LogP contribution in [0.3, 0.4) is 0 Å². The summed E-state index contributed by atoms with van der Waals surface area (Å²) in [4.78, 5) is 26.7. The molecule has 6 nitrogen and oxygen atoms in total. The van der Waals surface area contributed by atoms with Gasteiger partial charge in [0.15, 0.2) is 10.9 Å². The van der Waals surface area contributed by atoms with Gasteiger partial charge in [0.05, 0.1) is 0 Å². The van der Waals surface area contributed by atoms with Crippen LogP contribution < -0.4 is 0 Å². The molecule has 0 aliphatic carbocycles. The number of likely N-dealkylation sites (tertiary alicyclic amines) is 2. The number of hydrogen-bond acceptors (Lipinski definition) is 6. The molecule has 2 fully saturated rings. The summed E-state index contributed by atoms with van der Waals surface area (Å²) in [5.74, 6) is 1.11. The van der Waals surface area contributed by atoms with Gasteiger partial charge in [-0.2, -0.15) is 0 Å². The zero-order valence-electron chi connectivity index (χ0n) is 17.0. The fraction of sp³-hybridized carbons (Fsp3) is 0.435. The standard InChI is InChI=1S/C23H26N4O2S/c28-22(27-14-5-7-17(27)15-26-12-3-4-13-26)21-19(16-30-23-24-10-6-11-25-23)18-8-1-2-9-20(18)29-21/h1-2,6,8-11,17H,3-5,7,12-16H2. The maximum atomic E-state index is 13.6. The smallest absolute Gasteiger partial charge is 0.290 e. The third kappa shape index (κ3) is 3.96. The lowest BCUT2D eigenvalue weighted by Gasteiger charge is -2.28. The van der Waals surface area contributed by atoms with E-state index in [4.69, 9.17) is 4.42 Å². The largest absolute Gasteiger partial charge is 0.451 e. The number of aromatic nitrogens is 2. The second-order valence-corrected chi connectivity index (χ2v) is 8.97. The van der Waals surface area contributed by atoms with Crippen molar-refractivity contribution < 1.29 is 9.21 Å². The van der Waals surface area contributed by atoms with Crippen LogP contribution in [0.1, 0.15) is 41.8 Å². The molecular weight excluding hydrogens is 396 g/mol. The van der Waals surface area contributed by atoms with Gasteiger partial charge in [0, 0.05) is 48.2 Å². The van der Waals surface area contributed by atoms with E-state index < -0.39 is 0 Å². The minimum Gasteiger partial charge on any atom is -0.451 e. The Bertz CT molecular complexity index is 1020. The van der Waals surface area contributed by atoms with Crippen LogP contribution in [0.25, 0.3) is 11.0 Å². The predicted octanol–water partition coefficient (Wildman–Crippen LogP) is 4.22. The number of amides is 1.